The second kappa shape index (κ2) is 27.6. The quantitative estimate of drug-likeness (QED) is 0.0219. The molecule has 0 unspecified atom stereocenters. The smallest absolute Gasteiger partial charge is 0.305 e. The molecule has 1 aromatic heterocycles. The third kappa shape index (κ3) is 18.8. The summed E-state index contributed by atoms with van der Waals surface area (Å²) in [5, 5.41) is 28.1. The lowest BCUT2D eigenvalue weighted by Crippen LogP contribution is -2.59. The van der Waals surface area contributed by atoms with Gasteiger partial charge in [-0.1, -0.05) is 48.5 Å². The van der Waals surface area contributed by atoms with Gasteiger partial charge in [0.15, 0.2) is 0 Å². The van der Waals surface area contributed by atoms with E-state index in [0.29, 0.717) is 43.1 Å². The van der Waals surface area contributed by atoms with Crippen LogP contribution >= 0.6 is 0 Å². The van der Waals surface area contributed by atoms with E-state index >= 15 is 0 Å². The number of nitrogens with one attached hydrogen (secondary N) is 8. The molecule has 1 heterocycles. The molecule has 21 heteroatoms. The maximum atomic E-state index is 14.2. The molecule has 0 aliphatic carbocycles. The Balaban J connectivity index is 1.78. The van der Waals surface area contributed by atoms with E-state index in [0.717, 1.165) is 23.1 Å². The highest BCUT2D eigenvalue weighted by molar-refractivity contribution is 5.98. The van der Waals surface area contributed by atoms with Crippen molar-refractivity contribution in [3.63, 3.8) is 0 Å². The van der Waals surface area contributed by atoms with Crippen LogP contribution in [0.25, 0.3) is 10.9 Å². The van der Waals surface area contributed by atoms with Crippen LogP contribution in [0.4, 0.5) is 0 Å². The minimum atomic E-state index is -1.70. The molecule has 0 aliphatic rings. The Labute approximate surface area is 375 Å². The zero-order chi connectivity index (χ0) is 47.7. The molecule has 65 heavy (non-hydrogen) atoms. The molecular weight excluding hydrogens is 845 g/mol. The number of nitrogens with two attached hydrogens (primary N) is 2. The summed E-state index contributed by atoms with van der Waals surface area (Å²) in [5.74, 6) is -7.57. The number of aliphatic carboxylic acids is 1. The number of aromatic nitrogens is 1. The number of amides is 8. The standard InChI is InChI=1S/C44H58N10O11/c1-27(56)50-32(17-8-10-20-47-37(57)18-11-21-55)41(62)49-26-38(58)51-35(23-29-25-48-31-15-6-5-14-30(29)31)43(64)52-33(16-7-9-19-45)42(63)54-36(24-39(59)60)44(65)53-34(40(46)61)22-28-12-3-2-4-13-28/h2-6,11-15,18,21,25,32-36,48H,7-10,16-17,19-20,22-24,26,45H2,1H3,(H2,46,61)(H,47,57)(H,49,62)(H,50,56)(H,51,58)(H,52,64)(H,53,65)(H,54,63)(H,59,60)/b18-11-/t32-,33-,34-,35-,36-/m0/s1. The van der Waals surface area contributed by atoms with Crippen molar-refractivity contribution >= 4 is 70.4 Å². The molecule has 8 amide bonds. The first-order chi connectivity index (χ1) is 31.1. The predicted octanol–water partition coefficient (Wildman–Crippen LogP) is -1.36. The van der Waals surface area contributed by atoms with Crippen molar-refractivity contribution in [1.82, 2.24) is 42.2 Å². The first kappa shape index (κ1) is 51.9. The number of hydrogen-bond donors (Lipinski definition) is 11. The molecule has 21 nitrogen and oxygen atoms in total. The molecule has 3 rings (SSSR count). The fraction of sp³-hybridized carbons (Fsp3) is 0.409. The van der Waals surface area contributed by atoms with Gasteiger partial charge in [0, 0.05) is 49.5 Å². The number of hydrogen-bond acceptors (Lipinski definition) is 11. The number of carboxylic acids is 1. The van der Waals surface area contributed by atoms with E-state index in [9.17, 15) is 53.1 Å². The zero-order valence-corrected chi connectivity index (χ0v) is 36.1. The molecule has 0 bridgehead atoms. The molecule has 0 saturated heterocycles. The van der Waals surface area contributed by atoms with Gasteiger partial charge in [-0.05, 0) is 68.3 Å². The molecule has 350 valence electrons. The molecular formula is C44H58N10O11. The minimum absolute atomic E-state index is 0.00790. The van der Waals surface area contributed by atoms with Crippen molar-refractivity contribution in [2.24, 2.45) is 11.5 Å². The average Bonchev–Trinajstić information content (AvgIpc) is 3.68. The summed E-state index contributed by atoms with van der Waals surface area (Å²) in [6, 6.07) is 9.11. The Kier molecular flexibility index (Phi) is 22.0. The second-order valence-electron chi connectivity index (χ2n) is 15.1. The van der Waals surface area contributed by atoms with Crippen molar-refractivity contribution in [2.75, 3.05) is 19.6 Å². The second-order valence-corrected chi connectivity index (χ2v) is 15.1. The molecule has 0 fully saturated rings. The van der Waals surface area contributed by atoms with Crippen LogP contribution in [-0.2, 0) is 60.8 Å². The number of unbranched alkanes of at least 4 members (excludes halogenated alkanes) is 2. The van der Waals surface area contributed by atoms with Crippen molar-refractivity contribution < 1.29 is 53.1 Å². The molecule has 3 aromatic rings. The minimum Gasteiger partial charge on any atom is -0.481 e. The molecule has 0 radical (unpaired) electrons. The lowest BCUT2D eigenvalue weighted by Gasteiger charge is -2.26. The fourth-order valence-corrected chi connectivity index (χ4v) is 6.69. The number of benzene rings is 2. The van der Waals surface area contributed by atoms with Gasteiger partial charge in [-0.25, -0.2) is 0 Å². The van der Waals surface area contributed by atoms with Crippen LogP contribution in [0.1, 0.15) is 63.0 Å². The number of para-hydroxylation sites is 1. The third-order valence-corrected chi connectivity index (χ3v) is 9.95. The van der Waals surface area contributed by atoms with Gasteiger partial charge in [0.2, 0.25) is 47.3 Å². The van der Waals surface area contributed by atoms with Gasteiger partial charge in [0.05, 0.1) is 13.0 Å². The Hall–Kier alpha value is -7.42. The largest absolute Gasteiger partial charge is 0.481 e. The maximum absolute atomic E-state index is 14.2. The summed E-state index contributed by atoms with van der Waals surface area (Å²) >= 11 is 0. The summed E-state index contributed by atoms with van der Waals surface area (Å²) in [4.78, 5) is 129. The van der Waals surface area contributed by atoms with Crippen molar-refractivity contribution in [1.29, 1.82) is 0 Å². The predicted molar refractivity (Wildman–Crippen MR) is 237 cm³/mol. The first-order valence-electron chi connectivity index (χ1n) is 21.1. The highest BCUT2D eigenvalue weighted by Crippen LogP contribution is 2.19. The molecule has 2 aromatic carbocycles. The monoisotopic (exact) mass is 902 g/mol. The summed E-state index contributed by atoms with van der Waals surface area (Å²) < 4.78 is 0. The number of primary amides is 1. The van der Waals surface area contributed by atoms with Crippen LogP contribution in [-0.4, -0.2) is 119 Å². The first-order valence-corrected chi connectivity index (χ1v) is 21.1. The number of H-pyrrole nitrogens is 1. The zero-order valence-electron chi connectivity index (χ0n) is 36.1. The highest BCUT2D eigenvalue weighted by Gasteiger charge is 2.33. The third-order valence-electron chi connectivity index (χ3n) is 9.95. The normalized spacial score (nSPS) is 13.3. The van der Waals surface area contributed by atoms with Crippen LogP contribution in [0.2, 0.25) is 0 Å². The summed E-state index contributed by atoms with van der Waals surface area (Å²) in [6.45, 7) is 1.08. The number of rotatable bonds is 29. The number of aromatic amines is 1. The lowest BCUT2D eigenvalue weighted by atomic mass is 10.0. The van der Waals surface area contributed by atoms with E-state index in [4.69, 9.17) is 11.5 Å². The van der Waals surface area contributed by atoms with Crippen LogP contribution in [0, 0.1) is 0 Å². The number of allylic oxidation sites excluding steroid dienone is 1. The molecule has 0 aliphatic heterocycles. The molecule has 0 spiro atoms. The van der Waals surface area contributed by atoms with Crippen LogP contribution in [0.15, 0.2) is 72.9 Å². The van der Waals surface area contributed by atoms with E-state index in [-0.39, 0.29) is 38.8 Å². The SMILES string of the molecule is CC(=O)N[C@@H](CCCCNC(=O)/C=C\C=O)C(=O)NCC(=O)N[C@@H](Cc1c[nH]c2ccccc12)C(=O)N[C@@H](CCCCN)C(=O)N[C@@H](CC(=O)O)C(=O)N[C@@H](Cc1ccccc1)C(N)=O. The summed E-state index contributed by atoms with van der Waals surface area (Å²) in [7, 11) is 0. The van der Waals surface area contributed by atoms with E-state index in [1.807, 2.05) is 6.07 Å². The fourth-order valence-electron chi connectivity index (χ4n) is 6.69. The van der Waals surface area contributed by atoms with E-state index in [2.05, 4.69) is 42.2 Å². The Morgan fingerprint density at radius 2 is 1.31 bits per heavy atom. The van der Waals surface area contributed by atoms with E-state index < -0.39 is 96.4 Å². The average molecular weight is 903 g/mol. The Morgan fingerprint density at radius 3 is 1.97 bits per heavy atom. The highest BCUT2D eigenvalue weighted by atomic mass is 16.4. The Bertz CT molecular complexity index is 2160. The van der Waals surface area contributed by atoms with Gasteiger partial charge in [0.25, 0.3) is 0 Å². The Morgan fingerprint density at radius 1 is 0.692 bits per heavy atom. The molecule has 5 atom stereocenters. The molecule has 0 saturated carbocycles. The van der Waals surface area contributed by atoms with E-state index in [1.54, 1.807) is 54.7 Å². The van der Waals surface area contributed by atoms with Crippen molar-refractivity contribution in [2.45, 2.75) is 94.9 Å². The lowest BCUT2D eigenvalue weighted by molar-refractivity contribution is -0.141. The van der Waals surface area contributed by atoms with E-state index in [1.165, 1.54) is 6.92 Å². The number of carboxylic acid groups (broad SMARTS) is 1. The van der Waals surface area contributed by atoms with Crippen molar-refractivity contribution in [3.8, 4) is 0 Å². The van der Waals surface area contributed by atoms with Crippen LogP contribution in [0.3, 0.4) is 0 Å². The molecule has 13 N–H and O–H groups in total. The van der Waals surface area contributed by atoms with Crippen LogP contribution < -0.4 is 48.7 Å². The van der Waals surface area contributed by atoms with Crippen LogP contribution in [0.5, 0.6) is 0 Å². The van der Waals surface area contributed by atoms with Gasteiger partial charge in [-0.3, -0.25) is 47.9 Å². The van der Waals surface area contributed by atoms with Gasteiger partial charge in [-0.2, -0.15) is 0 Å². The van der Waals surface area contributed by atoms with Gasteiger partial charge < -0.3 is 58.8 Å². The van der Waals surface area contributed by atoms with Crippen molar-refractivity contribution in [3.05, 3.63) is 84.1 Å². The summed E-state index contributed by atoms with van der Waals surface area (Å²) in [5.41, 5.74) is 13.3. The number of carbonyl (C=O) groups excluding carboxylic acids is 9. The van der Waals surface area contributed by atoms with Gasteiger partial charge >= 0.3 is 5.97 Å². The topological polar surface area (TPSA) is 343 Å². The van der Waals surface area contributed by atoms with Gasteiger partial charge in [-0.15, -0.1) is 0 Å². The number of carbonyl (C=O) groups is 10. The summed E-state index contributed by atoms with van der Waals surface area (Å²) in [6.07, 6.45) is 4.96. The van der Waals surface area contributed by atoms with Gasteiger partial charge in [0.1, 0.15) is 36.5 Å². The number of aldehydes is 1. The maximum Gasteiger partial charge on any atom is 0.305 e. The number of fused-ring (bicyclic) bond motifs is 1.